The van der Waals surface area contributed by atoms with E-state index in [-0.39, 0.29) is 18.1 Å². The van der Waals surface area contributed by atoms with Gasteiger partial charge in [0, 0.05) is 13.0 Å². The average Bonchev–Trinajstić information content (AvgIpc) is 3.64. The van der Waals surface area contributed by atoms with Gasteiger partial charge in [-0.2, -0.15) is 0 Å². The van der Waals surface area contributed by atoms with Crippen LogP contribution in [0.5, 0.6) is 5.75 Å². The quantitative estimate of drug-likeness (QED) is 0.269. The lowest BCUT2D eigenvalue weighted by Gasteiger charge is -2.23. The fourth-order valence-corrected chi connectivity index (χ4v) is 3.72. The minimum atomic E-state index is -1.01. The van der Waals surface area contributed by atoms with Crippen LogP contribution in [0.2, 0.25) is 0 Å². The van der Waals surface area contributed by atoms with Crippen molar-refractivity contribution in [2.45, 2.75) is 57.5 Å². The van der Waals surface area contributed by atoms with Crippen LogP contribution in [0.1, 0.15) is 31.4 Å². The van der Waals surface area contributed by atoms with E-state index in [2.05, 4.69) is 16.0 Å². The SMILES string of the molecule is CC(C)C[C@H](NC(=O)[C@H]1O[C@@H]1C(=O)NCc1ccccc1)C(=O)N[C@@H](Cc1ccc(O)cc1)C(N)=O. The Morgan fingerprint density at radius 2 is 1.53 bits per heavy atom. The van der Waals surface area contributed by atoms with Crippen LogP contribution in [-0.2, 0) is 36.9 Å². The van der Waals surface area contributed by atoms with Gasteiger partial charge in [-0.3, -0.25) is 19.2 Å². The Morgan fingerprint density at radius 3 is 2.14 bits per heavy atom. The van der Waals surface area contributed by atoms with E-state index >= 15 is 0 Å². The fourth-order valence-electron chi connectivity index (χ4n) is 3.72. The van der Waals surface area contributed by atoms with Gasteiger partial charge in [-0.05, 0) is 35.6 Å². The summed E-state index contributed by atoms with van der Waals surface area (Å²) >= 11 is 0. The number of primary amides is 1. The number of carbonyl (C=O) groups is 4. The molecular formula is C26H32N4O6. The molecule has 3 rings (SSSR count). The predicted molar refractivity (Wildman–Crippen MR) is 131 cm³/mol. The summed E-state index contributed by atoms with van der Waals surface area (Å²) in [6.45, 7) is 4.09. The molecule has 0 bridgehead atoms. The van der Waals surface area contributed by atoms with Crippen LogP contribution in [-0.4, -0.2) is 53.0 Å². The number of rotatable bonds is 12. The molecule has 0 unspecified atom stereocenters. The van der Waals surface area contributed by atoms with Gasteiger partial charge in [0.15, 0.2) is 12.2 Å². The number of hydrogen-bond acceptors (Lipinski definition) is 6. The predicted octanol–water partition coefficient (Wildman–Crippen LogP) is 0.520. The summed E-state index contributed by atoms with van der Waals surface area (Å²) in [6.07, 6.45) is -1.49. The van der Waals surface area contributed by atoms with Gasteiger partial charge in [0.1, 0.15) is 17.8 Å². The number of phenolic OH excluding ortho intramolecular Hbond substituents is 1. The maximum Gasteiger partial charge on any atom is 0.253 e. The highest BCUT2D eigenvalue weighted by Crippen LogP contribution is 2.23. The van der Waals surface area contributed by atoms with Crippen molar-refractivity contribution in [3.05, 3.63) is 65.7 Å². The highest BCUT2D eigenvalue weighted by atomic mass is 16.6. The molecule has 192 valence electrons. The van der Waals surface area contributed by atoms with Crippen molar-refractivity contribution in [1.29, 1.82) is 0 Å². The normalized spacial score (nSPS) is 18.1. The van der Waals surface area contributed by atoms with E-state index in [0.717, 1.165) is 5.56 Å². The molecule has 0 spiro atoms. The highest BCUT2D eigenvalue weighted by Gasteiger charge is 2.51. The molecule has 0 radical (unpaired) electrons. The number of nitrogens with one attached hydrogen (secondary N) is 3. The van der Waals surface area contributed by atoms with Gasteiger partial charge in [-0.1, -0.05) is 56.3 Å². The molecule has 1 aliphatic rings. The molecule has 2 aromatic rings. The monoisotopic (exact) mass is 496 g/mol. The van der Waals surface area contributed by atoms with E-state index < -0.39 is 47.9 Å². The van der Waals surface area contributed by atoms with Crippen LogP contribution in [0.25, 0.3) is 0 Å². The summed E-state index contributed by atoms with van der Waals surface area (Å²) in [5.74, 6) is -2.16. The average molecular weight is 497 g/mol. The summed E-state index contributed by atoms with van der Waals surface area (Å²) in [7, 11) is 0. The molecule has 0 saturated carbocycles. The summed E-state index contributed by atoms with van der Waals surface area (Å²) in [5.41, 5.74) is 7.10. The van der Waals surface area contributed by atoms with E-state index in [4.69, 9.17) is 10.5 Å². The Bertz CT molecular complexity index is 1070. The van der Waals surface area contributed by atoms with Gasteiger partial charge in [-0.25, -0.2) is 0 Å². The molecule has 4 amide bonds. The number of phenols is 1. The molecule has 1 heterocycles. The van der Waals surface area contributed by atoms with Gasteiger partial charge >= 0.3 is 0 Å². The smallest absolute Gasteiger partial charge is 0.253 e. The van der Waals surface area contributed by atoms with Crippen LogP contribution in [0.15, 0.2) is 54.6 Å². The van der Waals surface area contributed by atoms with E-state index in [9.17, 15) is 24.3 Å². The molecule has 1 fully saturated rings. The lowest BCUT2D eigenvalue weighted by Crippen LogP contribution is -2.54. The van der Waals surface area contributed by atoms with Crippen molar-refractivity contribution in [3.63, 3.8) is 0 Å². The largest absolute Gasteiger partial charge is 0.508 e. The third kappa shape index (κ3) is 7.81. The number of ether oxygens (including phenoxy) is 1. The molecule has 0 aliphatic carbocycles. The van der Waals surface area contributed by atoms with Crippen molar-refractivity contribution in [1.82, 2.24) is 16.0 Å². The van der Waals surface area contributed by atoms with E-state index in [0.29, 0.717) is 18.5 Å². The third-order valence-electron chi connectivity index (χ3n) is 5.69. The number of hydrogen-bond donors (Lipinski definition) is 5. The first-order chi connectivity index (χ1) is 17.1. The zero-order chi connectivity index (χ0) is 26.2. The number of amides is 4. The van der Waals surface area contributed by atoms with Gasteiger partial charge in [0.05, 0.1) is 0 Å². The van der Waals surface area contributed by atoms with Crippen molar-refractivity contribution in [3.8, 4) is 5.75 Å². The van der Waals surface area contributed by atoms with Crippen LogP contribution in [0, 0.1) is 5.92 Å². The van der Waals surface area contributed by atoms with Crippen molar-refractivity contribution in [2.75, 3.05) is 0 Å². The van der Waals surface area contributed by atoms with Crippen LogP contribution >= 0.6 is 0 Å². The standard InChI is InChI=1S/C26H32N4O6/c1-15(2)12-20(24(33)29-19(23(27)32)13-16-8-10-18(31)11-9-16)30-26(35)22-21(36-22)25(34)28-14-17-6-4-3-5-7-17/h3-11,15,19-22,31H,12-14H2,1-2H3,(H2,27,32)(H,28,34)(H,29,33)(H,30,35)/t19-,20-,21-,22-/m0/s1. The summed E-state index contributed by atoms with van der Waals surface area (Å²) in [5, 5.41) is 17.4. The topological polar surface area (TPSA) is 163 Å². The van der Waals surface area contributed by atoms with Crippen molar-refractivity contribution < 1.29 is 29.0 Å². The van der Waals surface area contributed by atoms with Gasteiger partial charge in [0.2, 0.25) is 11.8 Å². The van der Waals surface area contributed by atoms with E-state index in [1.54, 1.807) is 12.1 Å². The summed E-state index contributed by atoms with van der Waals surface area (Å²) in [6, 6.07) is 13.6. The molecule has 0 aromatic heterocycles. The number of nitrogens with two attached hydrogens (primary N) is 1. The number of carbonyl (C=O) groups excluding carboxylic acids is 4. The van der Waals surface area contributed by atoms with E-state index in [1.807, 2.05) is 44.2 Å². The first-order valence-electron chi connectivity index (χ1n) is 11.8. The van der Waals surface area contributed by atoms with Gasteiger partial charge in [0.25, 0.3) is 11.8 Å². The van der Waals surface area contributed by atoms with Crippen molar-refractivity contribution in [2.24, 2.45) is 11.7 Å². The summed E-state index contributed by atoms with van der Waals surface area (Å²) < 4.78 is 5.27. The molecule has 36 heavy (non-hydrogen) atoms. The lowest BCUT2D eigenvalue weighted by molar-refractivity contribution is -0.132. The van der Waals surface area contributed by atoms with Gasteiger partial charge < -0.3 is 31.5 Å². The zero-order valence-electron chi connectivity index (χ0n) is 20.3. The zero-order valence-corrected chi connectivity index (χ0v) is 20.3. The lowest BCUT2D eigenvalue weighted by atomic mass is 10.0. The molecule has 10 nitrogen and oxygen atoms in total. The Labute approximate surface area is 209 Å². The molecule has 10 heteroatoms. The van der Waals surface area contributed by atoms with Crippen LogP contribution < -0.4 is 21.7 Å². The second-order valence-electron chi connectivity index (χ2n) is 9.21. The Morgan fingerprint density at radius 1 is 0.889 bits per heavy atom. The number of benzene rings is 2. The number of epoxide rings is 1. The maximum absolute atomic E-state index is 13.0. The van der Waals surface area contributed by atoms with Crippen molar-refractivity contribution >= 4 is 23.6 Å². The third-order valence-corrected chi connectivity index (χ3v) is 5.69. The molecule has 4 atom stereocenters. The number of aromatic hydroxyl groups is 1. The second kappa shape index (κ2) is 12.2. The summed E-state index contributed by atoms with van der Waals surface area (Å²) in [4.78, 5) is 50.0. The van der Waals surface area contributed by atoms with Crippen LogP contribution in [0.3, 0.4) is 0 Å². The molecule has 1 aliphatic heterocycles. The Kier molecular flexibility index (Phi) is 9.02. The van der Waals surface area contributed by atoms with Crippen LogP contribution in [0.4, 0.5) is 0 Å². The Balaban J connectivity index is 1.56. The highest BCUT2D eigenvalue weighted by molar-refractivity contribution is 5.97. The molecule has 6 N–H and O–H groups in total. The minimum absolute atomic E-state index is 0.0512. The molecular weight excluding hydrogens is 464 g/mol. The molecule has 1 saturated heterocycles. The maximum atomic E-state index is 13.0. The first kappa shape index (κ1) is 26.7. The minimum Gasteiger partial charge on any atom is -0.508 e. The second-order valence-corrected chi connectivity index (χ2v) is 9.21. The first-order valence-corrected chi connectivity index (χ1v) is 11.8. The Hall–Kier alpha value is -3.92. The fraction of sp³-hybridized carbons (Fsp3) is 0.385. The van der Waals surface area contributed by atoms with Gasteiger partial charge in [-0.15, -0.1) is 0 Å². The van der Waals surface area contributed by atoms with E-state index in [1.165, 1.54) is 12.1 Å². The molecule has 2 aromatic carbocycles.